The van der Waals surface area contributed by atoms with E-state index in [1.54, 1.807) is 12.1 Å². The van der Waals surface area contributed by atoms with E-state index in [0.29, 0.717) is 22.1 Å². The second-order valence-corrected chi connectivity index (χ2v) is 4.19. The number of nitriles is 1. The van der Waals surface area contributed by atoms with Crippen LogP contribution in [0, 0.1) is 11.3 Å². The van der Waals surface area contributed by atoms with Gasteiger partial charge in [-0.1, -0.05) is 18.2 Å². The molecule has 0 bridgehead atoms. The summed E-state index contributed by atoms with van der Waals surface area (Å²) in [6.45, 7) is 0. The molecule has 0 aliphatic carbocycles. The SMILES string of the molecule is N#Cc1cnc2c(ccc3cc(B(O)O)cnc32)c1. The molecule has 3 aromatic rings. The molecule has 2 heterocycles. The van der Waals surface area contributed by atoms with Crippen molar-refractivity contribution in [1.29, 1.82) is 5.26 Å². The second kappa shape index (κ2) is 4.32. The van der Waals surface area contributed by atoms with Crippen molar-refractivity contribution in [2.45, 2.75) is 0 Å². The molecule has 0 atom stereocenters. The lowest BCUT2D eigenvalue weighted by molar-refractivity contribution is 0.425. The van der Waals surface area contributed by atoms with E-state index >= 15 is 0 Å². The van der Waals surface area contributed by atoms with Crippen molar-refractivity contribution in [3.8, 4) is 6.07 Å². The topological polar surface area (TPSA) is 90.0 Å². The molecule has 1 aromatic carbocycles. The van der Waals surface area contributed by atoms with Crippen LogP contribution in [0.15, 0.2) is 36.7 Å². The van der Waals surface area contributed by atoms with Crippen LogP contribution >= 0.6 is 0 Å². The molecule has 2 N–H and O–H groups in total. The zero-order valence-electron chi connectivity index (χ0n) is 9.78. The average Bonchev–Trinajstić information content (AvgIpc) is 2.45. The van der Waals surface area contributed by atoms with Gasteiger partial charge in [-0.2, -0.15) is 5.26 Å². The van der Waals surface area contributed by atoms with Gasteiger partial charge >= 0.3 is 7.12 Å². The van der Waals surface area contributed by atoms with Gasteiger partial charge in [-0.3, -0.25) is 9.97 Å². The largest absolute Gasteiger partial charge is 0.490 e. The molecule has 2 aromatic heterocycles. The van der Waals surface area contributed by atoms with Gasteiger partial charge in [0, 0.05) is 28.6 Å². The number of hydrogen-bond acceptors (Lipinski definition) is 5. The zero-order chi connectivity index (χ0) is 13.4. The predicted molar refractivity (Wildman–Crippen MR) is 71.6 cm³/mol. The molecule has 90 valence electrons. The maximum Gasteiger partial charge on any atom is 0.490 e. The summed E-state index contributed by atoms with van der Waals surface area (Å²) in [5.74, 6) is 0. The molecule has 0 spiro atoms. The van der Waals surface area contributed by atoms with Crippen molar-refractivity contribution < 1.29 is 10.0 Å². The third-order valence-electron chi connectivity index (χ3n) is 2.95. The van der Waals surface area contributed by atoms with Gasteiger partial charge in [0.05, 0.1) is 16.6 Å². The molecule has 0 aliphatic heterocycles. The van der Waals surface area contributed by atoms with Crippen LogP contribution < -0.4 is 5.46 Å². The van der Waals surface area contributed by atoms with E-state index in [0.717, 1.165) is 10.8 Å². The van der Waals surface area contributed by atoms with Gasteiger partial charge in [-0.05, 0) is 6.07 Å². The molecular weight excluding hydrogens is 241 g/mol. The summed E-state index contributed by atoms with van der Waals surface area (Å²) in [6.07, 6.45) is 2.91. The van der Waals surface area contributed by atoms with Crippen LogP contribution in [0.3, 0.4) is 0 Å². The lowest BCUT2D eigenvalue weighted by Gasteiger charge is -2.05. The van der Waals surface area contributed by atoms with Crippen LogP contribution in [-0.4, -0.2) is 27.1 Å². The van der Waals surface area contributed by atoms with E-state index in [1.165, 1.54) is 12.4 Å². The number of nitrogens with zero attached hydrogens (tertiary/aromatic N) is 3. The first-order valence-electron chi connectivity index (χ1n) is 5.64. The molecule has 3 rings (SSSR count). The Morgan fingerprint density at radius 3 is 2.26 bits per heavy atom. The summed E-state index contributed by atoms with van der Waals surface area (Å²) in [4.78, 5) is 8.47. The molecule has 19 heavy (non-hydrogen) atoms. The molecule has 0 saturated carbocycles. The minimum Gasteiger partial charge on any atom is -0.423 e. The van der Waals surface area contributed by atoms with Crippen molar-refractivity contribution >= 4 is 34.4 Å². The van der Waals surface area contributed by atoms with Gasteiger partial charge in [0.15, 0.2) is 0 Å². The van der Waals surface area contributed by atoms with Crippen LogP contribution in [0.2, 0.25) is 0 Å². The van der Waals surface area contributed by atoms with Gasteiger partial charge in [0.2, 0.25) is 0 Å². The summed E-state index contributed by atoms with van der Waals surface area (Å²) >= 11 is 0. The molecule has 0 saturated heterocycles. The predicted octanol–water partition coefficient (Wildman–Crippen LogP) is 0.334. The lowest BCUT2D eigenvalue weighted by atomic mass is 9.81. The summed E-state index contributed by atoms with van der Waals surface area (Å²) in [7, 11) is -1.54. The van der Waals surface area contributed by atoms with Crippen molar-refractivity contribution in [1.82, 2.24) is 9.97 Å². The van der Waals surface area contributed by atoms with Crippen molar-refractivity contribution in [2.24, 2.45) is 0 Å². The van der Waals surface area contributed by atoms with Crippen LogP contribution in [0.1, 0.15) is 5.56 Å². The summed E-state index contributed by atoms with van der Waals surface area (Å²) < 4.78 is 0. The second-order valence-electron chi connectivity index (χ2n) is 4.19. The van der Waals surface area contributed by atoms with Crippen molar-refractivity contribution in [3.63, 3.8) is 0 Å². The Balaban J connectivity index is 2.32. The minimum atomic E-state index is -1.54. The Kier molecular flexibility index (Phi) is 2.64. The summed E-state index contributed by atoms with van der Waals surface area (Å²) in [6, 6.07) is 9.10. The van der Waals surface area contributed by atoms with Gasteiger partial charge in [-0.25, -0.2) is 0 Å². The number of hydrogen-bond donors (Lipinski definition) is 2. The highest BCUT2D eigenvalue weighted by Crippen LogP contribution is 2.21. The Bertz CT molecular complexity index is 827. The van der Waals surface area contributed by atoms with E-state index < -0.39 is 7.12 Å². The normalized spacial score (nSPS) is 10.6. The Morgan fingerprint density at radius 2 is 1.63 bits per heavy atom. The maximum absolute atomic E-state index is 9.13. The van der Waals surface area contributed by atoms with Gasteiger partial charge in [0.25, 0.3) is 0 Å². The number of aromatic nitrogens is 2. The summed E-state index contributed by atoms with van der Waals surface area (Å²) in [5.41, 5.74) is 2.19. The lowest BCUT2D eigenvalue weighted by Crippen LogP contribution is -2.29. The van der Waals surface area contributed by atoms with E-state index in [2.05, 4.69) is 9.97 Å². The molecule has 0 aliphatic rings. The molecule has 0 fully saturated rings. The zero-order valence-corrected chi connectivity index (χ0v) is 9.78. The highest BCUT2D eigenvalue weighted by Gasteiger charge is 2.13. The van der Waals surface area contributed by atoms with Crippen LogP contribution in [0.25, 0.3) is 21.8 Å². The molecule has 0 amide bonds. The van der Waals surface area contributed by atoms with Crippen LogP contribution in [0.5, 0.6) is 0 Å². The molecule has 6 heteroatoms. The third-order valence-corrected chi connectivity index (χ3v) is 2.95. The first-order chi connectivity index (χ1) is 9.19. The highest BCUT2D eigenvalue weighted by molar-refractivity contribution is 6.58. The fourth-order valence-electron chi connectivity index (χ4n) is 2.01. The fourth-order valence-corrected chi connectivity index (χ4v) is 2.01. The summed E-state index contributed by atoms with van der Waals surface area (Å²) in [5, 5.41) is 28.7. The Labute approximate surface area is 108 Å². The van der Waals surface area contributed by atoms with Crippen LogP contribution in [0.4, 0.5) is 0 Å². The maximum atomic E-state index is 9.13. The van der Waals surface area contributed by atoms with Crippen molar-refractivity contribution in [3.05, 3.63) is 42.2 Å². The monoisotopic (exact) mass is 249 g/mol. The molecular formula is C13H8BN3O2. The van der Waals surface area contributed by atoms with Gasteiger partial charge < -0.3 is 10.0 Å². The third kappa shape index (κ3) is 1.91. The van der Waals surface area contributed by atoms with Crippen molar-refractivity contribution in [2.75, 3.05) is 0 Å². The first kappa shape index (κ1) is 11.6. The number of rotatable bonds is 1. The minimum absolute atomic E-state index is 0.334. The Hall–Kier alpha value is -2.49. The quantitative estimate of drug-likeness (QED) is 0.479. The number of pyridine rings is 2. The number of benzene rings is 1. The fraction of sp³-hybridized carbons (Fsp3) is 0. The van der Waals surface area contributed by atoms with Crippen LogP contribution in [-0.2, 0) is 0 Å². The van der Waals surface area contributed by atoms with E-state index in [1.807, 2.05) is 18.2 Å². The van der Waals surface area contributed by atoms with E-state index in [4.69, 9.17) is 15.3 Å². The standard InChI is InChI=1S/C13H8BN3O2/c15-5-8-3-9-1-2-10-4-11(14(18)19)7-17-13(10)12(9)16-6-8/h1-4,6-7,18-19H. The average molecular weight is 249 g/mol. The van der Waals surface area contributed by atoms with Gasteiger partial charge in [-0.15, -0.1) is 0 Å². The molecule has 5 nitrogen and oxygen atoms in total. The smallest absolute Gasteiger partial charge is 0.423 e. The van der Waals surface area contributed by atoms with Gasteiger partial charge in [0.1, 0.15) is 6.07 Å². The highest BCUT2D eigenvalue weighted by atomic mass is 16.4. The molecule has 0 unspecified atom stereocenters. The van der Waals surface area contributed by atoms with E-state index in [9.17, 15) is 0 Å². The Morgan fingerprint density at radius 1 is 1.00 bits per heavy atom. The molecule has 0 radical (unpaired) electrons. The number of fused-ring (bicyclic) bond motifs is 3. The van der Waals surface area contributed by atoms with E-state index in [-0.39, 0.29) is 0 Å². The first-order valence-corrected chi connectivity index (χ1v) is 5.64.